The molecule has 1 saturated heterocycles. The smallest absolute Gasteiger partial charge is 0.370 e. The van der Waals surface area contributed by atoms with E-state index in [1.807, 2.05) is 25.1 Å². The van der Waals surface area contributed by atoms with Crippen molar-refractivity contribution in [3.8, 4) is 0 Å². The van der Waals surface area contributed by atoms with Crippen molar-refractivity contribution in [3.05, 3.63) is 35.5 Å². The molecule has 1 saturated carbocycles. The number of aryl methyl sites for hydroxylation is 2. The standard InChI is InChI=1S/C20H22F3N7O/c1-11-7-24-17-16(12-5-14(6-12)20(21,22)23)27-19(28-18(17)26-11)30-3-4-31-15(10-30)13-8-25-29(2)9-13/h7-9,12,14-15H,3-6,10H2,1-2H3/t12?,14?,15-/m1/s1. The van der Waals surface area contributed by atoms with Crippen molar-refractivity contribution in [1.82, 2.24) is 29.7 Å². The molecule has 1 atom stereocenters. The third-order valence-electron chi connectivity index (χ3n) is 5.98. The first-order valence-corrected chi connectivity index (χ1v) is 10.2. The summed E-state index contributed by atoms with van der Waals surface area (Å²) in [6.07, 6.45) is 0.945. The van der Waals surface area contributed by atoms with Crippen LogP contribution in [-0.4, -0.2) is 55.6 Å². The van der Waals surface area contributed by atoms with Crippen LogP contribution < -0.4 is 4.90 Å². The molecule has 1 aliphatic heterocycles. The quantitative estimate of drug-likeness (QED) is 0.628. The molecular formula is C20H22F3N7O. The summed E-state index contributed by atoms with van der Waals surface area (Å²) in [5.74, 6) is -1.14. The SMILES string of the molecule is Cc1cnc2c(C3CC(C(F)(F)F)C3)nc(N3CCO[C@@H](c4cnn(C)c4)C3)nc2n1. The summed E-state index contributed by atoms with van der Waals surface area (Å²) in [5, 5.41) is 4.20. The van der Waals surface area contributed by atoms with Gasteiger partial charge in [-0.2, -0.15) is 23.3 Å². The lowest BCUT2D eigenvalue weighted by Crippen LogP contribution is -2.40. The van der Waals surface area contributed by atoms with Gasteiger partial charge in [0.25, 0.3) is 0 Å². The molecule has 3 aromatic heterocycles. The normalized spacial score (nSPS) is 24.4. The first kappa shape index (κ1) is 20.1. The van der Waals surface area contributed by atoms with Crippen molar-refractivity contribution in [1.29, 1.82) is 0 Å². The van der Waals surface area contributed by atoms with E-state index in [-0.39, 0.29) is 24.9 Å². The number of halogens is 3. The average molecular weight is 433 g/mol. The molecule has 8 nitrogen and oxygen atoms in total. The Kier molecular flexibility index (Phi) is 4.80. The third-order valence-corrected chi connectivity index (χ3v) is 5.98. The Morgan fingerprint density at radius 2 is 1.94 bits per heavy atom. The molecular weight excluding hydrogens is 411 g/mol. The molecule has 2 aliphatic rings. The maximum Gasteiger partial charge on any atom is 0.391 e. The Labute approximate surface area is 176 Å². The zero-order valence-electron chi connectivity index (χ0n) is 17.2. The topological polar surface area (TPSA) is 81.9 Å². The number of fused-ring (bicyclic) bond motifs is 1. The zero-order valence-corrected chi connectivity index (χ0v) is 17.2. The molecule has 0 amide bonds. The van der Waals surface area contributed by atoms with Crippen molar-refractivity contribution in [2.24, 2.45) is 13.0 Å². The molecule has 1 aliphatic carbocycles. The molecule has 164 valence electrons. The first-order valence-electron chi connectivity index (χ1n) is 10.2. The average Bonchev–Trinajstić information content (AvgIpc) is 3.12. The third kappa shape index (κ3) is 3.82. The highest BCUT2D eigenvalue weighted by atomic mass is 19.4. The van der Waals surface area contributed by atoms with Crippen LogP contribution in [0.1, 0.15) is 41.8 Å². The maximum absolute atomic E-state index is 13.0. The van der Waals surface area contributed by atoms with E-state index in [2.05, 4.69) is 20.1 Å². The molecule has 0 N–H and O–H groups in total. The highest BCUT2D eigenvalue weighted by molar-refractivity contribution is 5.74. The number of ether oxygens (including phenoxy) is 1. The fourth-order valence-electron chi connectivity index (χ4n) is 4.18. The van der Waals surface area contributed by atoms with Gasteiger partial charge in [0.2, 0.25) is 5.95 Å². The van der Waals surface area contributed by atoms with Gasteiger partial charge in [-0.15, -0.1) is 0 Å². The van der Waals surface area contributed by atoms with Crippen molar-refractivity contribution in [2.45, 2.75) is 38.0 Å². The highest BCUT2D eigenvalue weighted by Gasteiger charge is 2.49. The van der Waals surface area contributed by atoms with E-state index in [4.69, 9.17) is 9.72 Å². The van der Waals surface area contributed by atoms with Crippen molar-refractivity contribution >= 4 is 17.1 Å². The number of alkyl halides is 3. The van der Waals surface area contributed by atoms with Gasteiger partial charge in [0.15, 0.2) is 5.65 Å². The summed E-state index contributed by atoms with van der Waals surface area (Å²) in [7, 11) is 1.84. The lowest BCUT2D eigenvalue weighted by atomic mass is 9.72. The predicted molar refractivity (Wildman–Crippen MR) is 105 cm³/mol. The summed E-state index contributed by atoms with van der Waals surface area (Å²) in [6.45, 7) is 3.39. The van der Waals surface area contributed by atoms with Crippen LogP contribution in [0.2, 0.25) is 0 Å². The van der Waals surface area contributed by atoms with Gasteiger partial charge < -0.3 is 9.64 Å². The van der Waals surface area contributed by atoms with Gasteiger partial charge in [-0.05, 0) is 19.8 Å². The van der Waals surface area contributed by atoms with E-state index in [1.54, 1.807) is 17.1 Å². The van der Waals surface area contributed by atoms with Gasteiger partial charge in [0.05, 0.1) is 36.7 Å². The molecule has 31 heavy (non-hydrogen) atoms. The van der Waals surface area contributed by atoms with E-state index in [1.165, 1.54) is 0 Å². The summed E-state index contributed by atoms with van der Waals surface area (Å²) in [5.41, 5.74) is 3.10. The number of hydrogen-bond donors (Lipinski definition) is 0. The fraction of sp³-hybridized carbons (Fsp3) is 0.550. The van der Waals surface area contributed by atoms with Crippen molar-refractivity contribution in [3.63, 3.8) is 0 Å². The van der Waals surface area contributed by atoms with E-state index in [0.717, 1.165) is 5.56 Å². The van der Waals surface area contributed by atoms with Crippen LogP contribution in [0.25, 0.3) is 11.2 Å². The molecule has 0 bridgehead atoms. The van der Waals surface area contributed by atoms with E-state index in [0.29, 0.717) is 48.2 Å². The van der Waals surface area contributed by atoms with Crippen molar-refractivity contribution in [2.75, 3.05) is 24.6 Å². The van der Waals surface area contributed by atoms with Crippen LogP contribution in [0.15, 0.2) is 18.6 Å². The monoisotopic (exact) mass is 433 g/mol. The van der Waals surface area contributed by atoms with Gasteiger partial charge in [-0.25, -0.2) is 15.0 Å². The van der Waals surface area contributed by atoms with Crippen LogP contribution in [0.4, 0.5) is 19.1 Å². The molecule has 11 heteroatoms. The molecule has 4 heterocycles. The lowest BCUT2D eigenvalue weighted by Gasteiger charge is -2.37. The van der Waals surface area contributed by atoms with Crippen LogP contribution in [0.5, 0.6) is 0 Å². The minimum absolute atomic E-state index is 0.0199. The molecule has 0 aromatic carbocycles. The number of anilines is 1. The molecule has 0 spiro atoms. The minimum Gasteiger partial charge on any atom is -0.370 e. The summed E-state index contributed by atoms with van der Waals surface area (Å²) in [4.78, 5) is 20.2. The Bertz CT molecular complexity index is 1110. The number of hydrogen-bond acceptors (Lipinski definition) is 7. The van der Waals surface area contributed by atoms with E-state index in [9.17, 15) is 13.2 Å². The predicted octanol–water partition coefficient (Wildman–Crippen LogP) is 3.10. The first-order chi connectivity index (χ1) is 14.8. The maximum atomic E-state index is 13.0. The second kappa shape index (κ2) is 7.40. The van der Waals surface area contributed by atoms with E-state index < -0.39 is 12.1 Å². The minimum atomic E-state index is -4.18. The summed E-state index contributed by atoms with van der Waals surface area (Å²) >= 11 is 0. The second-order valence-corrected chi connectivity index (χ2v) is 8.25. The van der Waals surface area contributed by atoms with Gasteiger partial charge in [0.1, 0.15) is 11.6 Å². The van der Waals surface area contributed by atoms with Crippen molar-refractivity contribution < 1.29 is 17.9 Å². The fourth-order valence-corrected chi connectivity index (χ4v) is 4.18. The number of rotatable bonds is 3. The number of nitrogens with zero attached hydrogens (tertiary/aromatic N) is 7. The van der Waals surface area contributed by atoms with Crippen LogP contribution in [-0.2, 0) is 11.8 Å². The molecule has 2 fully saturated rings. The Morgan fingerprint density at radius 3 is 2.65 bits per heavy atom. The Balaban J connectivity index is 1.47. The van der Waals surface area contributed by atoms with Gasteiger partial charge in [-0.1, -0.05) is 0 Å². The molecule has 3 aromatic rings. The lowest BCUT2D eigenvalue weighted by molar-refractivity contribution is -0.197. The second-order valence-electron chi connectivity index (χ2n) is 8.25. The Hall–Kier alpha value is -2.82. The van der Waals surface area contributed by atoms with E-state index >= 15 is 0 Å². The molecule has 0 unspecified atom stereocenters. The van der Waals surface area contributed by atoms with Crippen LogP contribution >= 0.6 is 0 Å². The summed E-state index contributed by atoms with van der Waals surface area (Å²) in [6, 6.07) is 0. The molecule has 0 radical (unpaired) electrons. The van der Waals surface area contributed by atoms with Gasteiger partial charge in [-0.3, -0.25) is 4.68 Å². The van der Waals surface area contributed by atoms with Gasteiger partial charge in [0, 0.05) is 37.5 Å². The Morgan fingerprint density at radius 1 is 1.13 bits per heavy atom. The number of aromatic nitrogens is 6. The largest absolute Gasteiger partial charge is 0.391 e. The van der Waals surface area contributed by atoms with Gasteiger partial charge >= 0.3 is 6.18 Å². The van der Waals surface area contributed by atoms with Crippen LogP contribution in [0, 0.1) is 12.8 Å². The number of morpholine rings is 1. The summed E-state index contributed by atoms with van der Waals surface area (Å²) < 4.78 is 46.7. The molecule has 5 rings (SSSR count). The highest BCUT2D eigenvalue weighted by Crippen LogP contribution is 2.50. The van der Waals surface area contributed by atoms with Crippen LogP contribution in [0.3, 0.4) is 0 Å². The zero-order chi connectivity index (χ0) is 21.8.